The molecule has 1 aliphatic rings. The molecule has 132 valence electrons. The van der Waals surface area contributed by atoms with Crippen LogP contribution in [0.4, 0.5) is 13.2 Å². The Balaban J connectivity index is 1.49. The van der Waals surface area contributed by atoms with Gasteiger partial charge in [0.2, 0.25) is 0 Å². The molecule has 1 fully saturated rings. The number of halogens is 3. The standard InChI is InChI=1S/C19H20F3N3/c20-19(21,22)18-8-6-16(7-9-18)14-23-25-12-10-24(11-13-25)15-17-4-2-1-3-5-17/h1-9,14H,10-13,15H2/p+1. The van der Waals surface area contributed by atoms with E-state index in [1.165, 1.54) is 22.6 Å². The molecule has 3 nitrogen and oxygen atoms in total. The molecular formula is C19H21F3N3+. The van der Waals surface area contributed by atoms with Gasteiger partial charge in [-0.15, -0.1) is 0 Å². The summed E-state index contributed by atoms with van der Waals surface area (Å²) < 4.78 is 37.6. The number of benzene rings is 2. The van der Waals surface area contributed by atoms with Crippen molar-refractivity contribution < 1.29 is 18.1 Å². The molecule has 2 aromatic rings. The van der Waals surface area contributed by atoms with Gasteiger partial charge in [-0.1, -0.05) is 42.5 Å². The molecule has 1 N–H and O–H groups in total. The normalized spacial score (nSPS) is 16.5. The van der Waals surface area contributed by atoms with E-state index in [-0.39, 0.29) is 0 Å². The number of hydrogen-bond donors (Lipinski definition) is 1. The van der Waals surface area contributed by atoms with Crippen molar-refractivity contribution >= 4 is 6.21 Å². The minimum atomic E-state index is -4.30. The average Bonchev–Trinajstić information content (AvgIpc) is 2.62. The third-order valence-corrected chi connectivity index (χ3v) is 4.35. The zero-order chi connectivity index (χ0) is 17.7. The number of rotatable bonds is 4. The van der Waals surface area contributed by atoms with Crippen LogP contribution >= 0.6 is 0 Å². The van der Waals surface area contributed by atoms with Gasteiger partial charge in [-0.25, -0.2) is 0 Å². The molecule has 1 heterocycles. The van der Waals surface area contributed by atoms with Crippen LogP contribution in [0.2, 0.25) is 0 Å². The van der Waals surface area contributed by atoms with Crippen molar-refractivity contribution in [2.45, 2.75) is 12.7 Å². The number of nitrogens with zero attached hydrogens (tertiary/aromatic N) is 2. The summed E-state index contributed by atoms with van der Waals surface area (Å²) in [5, 5.41) is 6.38. The minimum Gasteiger partial charge on any atom is -0.328 e. The van der Waals surface area contributed by atoms with Crippen LogP contribution in [0.1, 0.15) is 16.7 Å². The predicted octanol–water partition coefficient (Wildman–Crippen LogP) is 2.44. The summed E-state index contributed by atoms with van der Waals surface area (Å²) in [6.45, 7) is 4.70. The number of nitrogens with one attached hydrogen (secondary N) is 1. The van der Waals surface area contributed by atoms with Crippen LogP contribution in [0.3, 0.4) is 0 Å². The van der Waals surface area contributed by atoms with Crippen molar-refractivity contribution in [1.29, 1.82) is 0 Å². The topological polar surface area (TPSA) is 20.0 Å². The maximum Gasteiger partial charge on any atom is 0.416 e. The number of piperazine rings is 1. The first-order valence-electron chi connectivity index (χ1n) is 8.34. The highest BCUT2D eigenvalue weighted by atomic mass is 19.4. The molecule has 0 bridgehead atoms. The van der Waals surface area contributed by atoms with Gasteiger partial charge in [0.15, 0.2) is 0 Å². The Morgan fingerprint density at radius 2 is 1.60 bits per heavy atom. The van der Waals surface area contributed by atoms with Gasteiger partial charge in [-0.2, -0.15) is 18.3 Å². The van der Waals surface area contributed by atoms with E-state index in [0.717, 1.165) is 44.9 Å². The summed E-state index contributed by atoms with van der Waals surface area (Å²) in [5.74, 6) is 0. The lowest BCUT2D eigenvalue weighted by Crippen LogP contribution is -3.13. The Labute approximate surface area is 145 Å². The van der Waals surface area contributed by atoms with Crippen molar-refractivity contribution in [3.05, 3.63) is 71.3 Å². The Hall–Kier alpha value is -2.34. The minimum absolute atomic E-state index is 0.636. The highest BCUT2D eigenvalue weighted by molar-refractivity contribution is 5.79. The molecular weight excluding hydrogens is 327 g/mol. The summed E-state index contributed by atoms with van der Waals surface area (Å²) in [4.78, 5) is 1.52. The van der Waals surface area contributed by atoms with Crippen molar-refractivity contribution in [2.24, 2.45) is 5.10 Å². The third-order valence-electron chi connectivity index (χ3n) is 4.35. The zero-order valence-corrected chi connectivity index (χ0v) is 13.8. The fourth-order valence-electron chi connectivity index (χ4n) is 2.89. The molecule has 6 heteroatoms. The number of quaternary nitrogens is 1. The van der Waals surface area contributed by atoms with E-state index >= 15 is 0 Å². The van der Waals surface area contributed by atoms with Gasteiger partial charge in [0.1, 0.15) is 6.54 Å². The van der Waals surface area contributed by atoms with Crippen molar-refractivity contribution in [3.63, 3.8) is 0 Å². The monoisotopic (exact) mass is 348 g/mol. The lowest BCUT2D eigenvalue weighted by atomic mass is 10.1. The number of hydrogen-bond acceptors (Lipinski definition) is 2. The highest BCUT2D eigenvalue weighted by Crippen LogP contribution is 2.28. The molecule has 1 saturated heterocycles. The Morgan fingerprint density at radius 1 is 0.960 bits per heavy atom. The molecule has 0 aromatic heterocycles. The lowest BCUT2D eigenvalue weighted by molar-refractivity contribution is -0.918. The van der Waals surface area contributed by atoms with Gasteiger partial charge in [0.25, 0.3) is 0 Å². The first-order chi connectivity index (χ1) is 12.0. The van der Waals surface area contributed by atoms with Gasteiger partial charge in [0.05, 0.1) is 38.0 Å². The lowest BCUT2D eigenvalue weighted by Gasteiger charge is -2.30. The summed E-state index contributed by atoms with van der Waals surface area (Å²) in [5.41, 5.74) is 1.37. The first-order valence-corrected chi connectivity index (χ1v) is 8.34. The van der Waals surface area contributed by atoms with E-state index in [2.05, 4.69) is 29.4 Å². The molecule has 0 spiro atoms. The molecule has 3 rings (SSSR count). The highest BCUT2D eigenvalue weighted by Gasteiger charge is 2.29. The van der Waals surface area contributed by atoms with E-state index in [9.17, 15) is 13.2 Å². The second kappa shape index (κ2) is 7.70. The quantitative estimate of drug-likeness (QED) is 0.842. The van der Waals surface area contributed by atoms with Crippen molar-refractivity contribution in [1.82, 2.24) is 5.01 Å². The fraction of sp³-hybridized carbons (Fsp3) is 0.316. The van der Waals surface area contributed by atoms with Crippen LogP contribution in [-0.2, 0) is 12.7 Å². The van der Waals surface area contributed by atoms with Gasteiger partial charge in [-0.05, 0) is 17.7 Å². The molecule has 1 aliphatic heterocycles. The molecule has 0 amide bonds. The van der Waals surface area contributed by atoms with E-state index in [4.69, 9.17) is 0 Å². The maximum absolute atomic E-state index is 12.5. The van der Waals surface area contributed by atoms with Crippen LogP contribution < -0.4 is 4.90 Å². The van der Waals surface area contributed by atoms with Gasteiger partial charge >= 0.3 is 6.18 Å². The second-order valence-corrected chi connectivity index (χ2v) is 6.23. The predicted molar refractivity (Wildman–Crippen MR) is 91.5 cm³/mol. The molecule has 0 aliphatic carbocycles. The summed E-state index contributed by atoms with van der Waals surface area (Å²) in [6.07, 6.45) is -2.67. The van der Waals surface area contributed by atoms with Crippen LogP contribution in [0.15, 0.2) is 59.7 Å². The maximum atomic E-state index is 12.5. The summed E-state index contributed by atoms with van der Waals surface area (Å²) in [7, 11) is 0. The van der Waals surface area contributed by atoms with Crippen LogP contribution in [-0.4, -0.2) is 37.4 Å². The van der Waals surface area contributed by atoms with Crippen LogP contribution in [0, 0.1) is 0 Å². The van der Waals surface area contributed by atoms with Crippen molar-refractivity contribution in [3.8, 4) is 0 Å². The van der Waals surface area contributed by atoms with Crippen LogP contribution in [0.25, 0.3) is 0 Å². The van der Waals surface area contributed by atoms with Crippen LogP contribution in [0.5, 0.6) is 0 Å². The third kappa shape index (κ3) is 5.06. The Bertz CT molecular complexity index is 688. The molecule has 0 saturated carbocycles. The molecule has 25 heavy (non-hydrogen) atoms. The Kier molecular flexibility index (Phi) is 5.38. The number of alkyl halides is 3. The fourth-order valence-corrected chi connectivity index (χ4v) is 2.89. The molecule has 0 unspecified atom stereocenters. The first kappa shape index (κ1) is 17.5. The van der Waals surface area contributed by atoms with Gasteiger partial charge < -0.3 is 4.90 Å². The Morgan fingerprint density at radius 3 is 2.20 bits per heavy atom. The number of hydrazone groups is 1. The van der Waals surface area contributed by atoms with E-state index < -0.39 is 11.7 Å². The van der Waals surface area contributed by atoms with Gasteiger partial charge in [-0.3, -0.25) is 5.01 Å². The van der Waals surface area contributed by atoms with Crippen molar-refractivity contribution in [2.75, 3.05) is 26.2 Å². The molecule has 2 aromatic carbocycles. The van der Waals surface area contributed by atoms with E-state index in [0.29, 0.717) is 5.56 Å². The van der Waals surface area contributed by atoms with E-state index in [1.807, 2.05) is 11.1 Å². The molecule has 0 radical (unpaired) electrons. The summed E-state index contributed by atoms with van der Waals surface area (Å²) >= 11 is 0. The van der Waals surface area contributed by atoms with Gasteiger partial charge in [0, 0.05) is 5.56 Å². The smallest absolute Gasteiger partial charge is 0.328 e. The van der Waals surface area contributed by atoms with E-state index in [1.54, 1.807) is 6.21 Å². The SMILES string of the molecule is FC(F)(F)c1ccc(C=NN2CC[NH+](Cc3ccccc3)CC2)cc1. The average molecular weight is 348 g/mol. The summed E-state index contributed by atoms with van der Waals surface area (Å²) in [6, 6.07) is 15.5. The zero-order valence-electron chi connectivity index (χ0n) is 13.8. The molecule has 0 atom stereocenters. The largest absolute Gasteiger partial charge is 0.416 e. The second-order valence-electron chi connectivity index (χ2n) is 6.23.